The lowest BCUT2D eigenvalue weighted by Gasteiger charge is -2.29. The Balaban J connectivity index is 1.66. The van der Waals surface area contributed by atoms with Crippen LogP contribution in [0.4, 0.5) is 4.79 Å². The predicted molar refractivity (Wildman–Crippen MR) is 123 cm³/mol. The summed E-state index contributed by atoms with van der Waals surface area (Å²) in [6.45, 7) is 3.40. The summed E-state index contributed by atoms with van der Waals surface area (Å²) in [6, 6.07) is 16.1. The topological polar surface area (TPSA) is 114 Å². The molecule has 2 amide bonds. The summed E-state index contributed by atoms with van der Waals surface area (Å²) in [5.74, 6) is -1.77. The summed E-state index contributed by atoms with van der Waals surface area (Å²) in [4.78, 5) is 36.6. The SMILES string of the molecule is CCCC(C)(NC(=O)OCC1c2ccccc2-c2ccccc21)C(=O)NCC(OC)C(=O)O. The number of amides is 2. The van der Waals surface area contributed by atoms with E-state index in [1.807, 2.05) is 43.3 Å². The van der Waals surface area contributed by atoms with Crippen LogP contribution >= 0.6 is 0 Å². The first-order valence-corrected chi connectivity index (χ1v) is 11.0. The number of hydrogen-bond donors (Lipinski definition) is 3. The molecule has 1 aliphatic rings. The van der Waals surface area contributed by atoms with Crippen molar-refractivity contribution < 1.29 is 29.0 Å². The molecule has 2 atom stereocenters. The average Bonchev–Trinajstić information content (AvgIpc) is 3.11. The Hall–Kier alpha value is -3.39. The molecule has 1 aliphatic carbocycles. The number of benzene rings is 2. The number of rotatable bonds is 10. The van der Waals surface area contributed by atoms with Gasteiger partial charge in [0, 0.05) is 13.0 Å². The van der Waals surface area contributed by atoms with Crippen LogP contribution in [0, 0.1) is 0 Å². The van der Waals surface area contributed by atoms with E-state index in [0.29, 0.717) is 12.8 Å². The van der Waals surface area contributed by atoms with Gasteiger partial charge in [0.05, 0.1) is 6.54 Å². The Morgan fingerprint density at radius 1 is 1.06 bits per heavy atom. The van der Waals surface area contributed by atoms with Crippen molar-refractivity contribution in [3.05, 3.63) is 59.7 Å². The van der Waals surface area contributed by atoms with Gasteiger partial charge in [-0.05, 0) is 35.6 Å². The molecular formula is C25H30N2O6. The monoisotopic (exact) mass is 454 g/mol. The third-order valence-electron chi connectivity index (χ3n) is 5.98. The second-order valence-corrected chi connectivity index (χ2v) is 8.31. The number of carbonyl (C=O) groups excluding carboxylic acids is 2. The van der Waals surface area contributed by atoms with Gasteiger partial charge in [0.2, 0.25) is 5.91 Å². The Morgan fingerprint density at radius 3 is 2.15 bits per heavy atom. The molecule has 0 aliphatic heterocycles. The first-order valence-electron chi connectivity index (χ1n) is 11.0. The maximum atomic E-state index is 12.8. The van der Waals surface area contributed by atoms with Crippen LogP contribution in [0.1, 0.15) is 43.7 Å². The van der Waals surface area contributed by atoms with Gasteiger partial charge in [-0.2, -0.15) is 0 Å². The Bertz CT molecular complexity index is 978. The quantitative estimate of drug-likeness (QED) is 0.508. The molecule has 2 aromatic rings. The van der Waals surface area contributed by atoms with Crippen LogP contribution in [0.25, 0.3) is 11.1 Å². The van der Waals surface area contributed by atoms with E-state index >= 15 is 0 Å². The minimum Gasteiger partial charge on any atom is -0.479 e. The van der Waals surface area contributed by atoms with Crippen LogP contribution in [0.2, 0.25) is 0 Å². The lowest BCUT2D eigenvalue weighted by molar-refractivity contribution is -0.148. The van der Waals surface area contributed by atoms with Gasteiger partial charge < -0.3 is 25.2 Å². The number of carbonyl (C=O) groups is 3. The molecular weight excluding hydrogens is 424 g/mol. The lowest BCUT2D eigenvalue weighted by atomic mass is 9.95. The lowest BCUT2D eigenvalue weighted by Crippen LogP contribution is -2.58. The molecule has 0 fully saturated rings. The van der Waals surface area contributed by atoms with Crippen LogP contribution in [0.15, 0.2) is 48.5 Å². The number of nitrogens with one attached hydrogen (secondary N) is 2. The highest BCUT2D eigenvalue weighted by atomic mass is 16.5. The molecule has 0 saturated heterocycles. The maximum Gasteiger partial charge on any atom is 0.408 e. The van der Waals surface area contributed by atoms with E-state index < -0.39 is 29.6 Å². The molecule has 3 N–H and O–H groups in total. The van der Waals surface area contributed by atoms with Crippen molar-refractivity contribution in [3.63, 3.8) is 0 Å². The highest BCUT2D eigenvalue weighted by Gasteiger charge is 2.36. The second-order valence-electron chi connectivity index (χ2n) is 8.31. The molecule has 2 unspecified atom stereocenters. The number of fused-ring (bicyclic) bond motifs is 3. The summed E-state index contributed by atoms with van der Waals surface area (Å²) in [5.41, 5.74) is 3.19. The smallest absolute Gasteiger partial charge is 0.408 e. The van der Waals surface area contributed by atoms with Crippen molar-refractivity contribution in [3.8, 4) is 11.1 Å². The van der Waals surface area contributed by atoms with E-state index in [2.05, 4.69) is 22.8 Å². The summed E-state index contributed by atoms with van der Waals surface area (Å²) in [6.07, 6.45) is -0.896. The number of carboxylic acid groups (broad SMARTS) is 1. The van der Waals surface area contributed by atoms with Crippen LogP contribution in [0.3, 0.4) is 0 Å². The summed E-state index contributed by atoms with van der Waals surface area (Å²) in [7, 11) is 1.26. The molecule has 8 nitrogen and oxygen atoms in total. The molecule has 0 bridgehead atoms. The first kappa shape index (κ1) is 24.3. The maximum absolute atomic E-state index is 12.8. The Morgan fingerprint density at radius 2 is 1.64 bits per heavy atom. The number of carboxylic acids is 1. The predicted octanol–water partition coefficient (Wildman–Crippen LogP) is 3.30. The molecule has 2 aromatic carbocycles. The van der Waals surface area contributed by atoms with Crippen molar-refractivity contribution in [2.24, 2.45) is 0 Å². The normalized spacial score (nSPS) is 15.0. The van der Waals surface area contributed by atoms with E-state index in [-0.39, 0.29) is 19.1 Å². The van der Waals surface area contributed by atoms with Gasteiger partial charge in [-0.1, -0.05) is 61.9 Å². The van der Waals surface area contributed by atoms with Gasteiger partial charge in [-0.25, -0.2) is 9.59 Å². The average molecular weight is 455 g/mol. The number of alkyl carbamates (subject to hydrolysis) is 1. The fraction of sp³-hybridized carbons (Fsp3) is 0.400. The molecule has 0 saturated carbocycles. The Kier molecular flexibility index (Phi) is 7.71. The van der Waals surface area contributed by atoms with Crippen molar-refractivity contribution in [1.29, 1.82) is 0 Å². The standard InChI is InChI=1S/C25H30N2O6/c1-4-13-25(2,23(30)26-14-21(32-3)22(28)29)27-24(31)33-15-20-18-11-7-5-9-16(18)17-10-6-8-12-19(17)20/h5-12,20-21H,4,13-15H2,1-3H3,(H,26,30)(H,27,31)(H,28,29). The number of aliphatic carboxylic acids is 1. The molecule has 33 heavy (non-hydrogen) atoms. The summed E-state index contributed by atoms with van der Waals surface area (Å²) >= 11 is 0. The van der Waals surface area contributed by atoms with Crippen molar-refractivity contribution in [2.45, 2.75) is 44.2 Å². The zero-order chi connectivity index (χ0) is 24.0. The van der Waals surface area contributed by atoms with Gasteiger partial charge in [-0.15, -0.1) is 0 Å². The second kappa shape index (κ2) is 10.5. The molecule has 176 valence electrons. The van der Waals surface area contributed by atoms with Gasteiger partial charge in [0.25, 0.3) is 0 Å². The van der Waals surface area contributed by atoms with Crippen molar-refractivity contribution in [1.82, 2.24) is 10.6 Å². The fourth-order valence-corrected chi connectivity index (χ4v) is 4.24. The van der Waals surface area contributed by atoms with Gasteiger partial charge in [0.1, 0.15) is 12.1 Å². The van der Waals surface area contributed by atoms with Crippen LogP contribution in [0.5, 0.6) is 0 Å². The molecule has 8 heteroatoms. The highest BCUT2D eigenvalue weighted by Crippen LogP contribution is 2.44. The van der Waals surface area contributed by atoms with E-state index in [4.69, 9.17) is 14.6 Å². The number of methoxy groups -OCH3 is 1. The van der Waals surface area contributed by atoms with Gasteiger partial charge in [-0.3, -0.25) is 4.79 Å². The van der Waals surface area contributed by atoms with Crippen molar-refractivity contribution in [2.75, 3.05) is 20.3 Å². The first-order chi connectivity index (χ1) is 15.8. The fourth-order valence-electron chi connectivity index (χ4n) is 4.24. The third-order valence-corrected chi connectivity index (χ3v) is 5.98. The highest BCUT2D eigenvalue weighted by molar-refractivity contribution is 5.90. The van der Waals surface area contributed by atoms with Crippen LogP contribution < -0.4 is 10.6 Å². The minimum atomic E-state index is -1.26. The molecule has 0 radical (unpaired) electrons. The summed E-state index contributed by atoms with van der Waals surface area (Å²) in [5, 5.41) is 14.3. The van der Waals surface area contributed by atoms with E-state index in [0.717, 1.165) is 22.3 Å². The minimum absolute atomic E-state index is 0.0903. The number of hydrogen-bond acceptors (Lipinski definition) is 5. The van der Waals surface area contributed by atoms with Crippen LogP contribution in [-0.2, 0) is 19.1 Å². The van der Waals surface area contributed by atoms with Gasteiger partial charge >= 0.3 is 12.1 Å². The molecule has 0 heterocycles. The van der Waals surface area contributed by atoms with E-state index in [1.165, 1.54) is 7.11 Å². The molecule has 3 rings (SSSR count). The van der Waals surface area contributed by atoms with E-state index in [1.54, 1.807) is 6.92 Å². The summed E-state index contributed by atoms with van der Waals surface area (Å²) < 4.78 is 10.4. The Labute approximate surface area is 193 Å². The molecule has 0 spiro atoms. The number of ether oxygens (including phenoxy) is 2. The zero-order valence-electron chi connectivity index (χ0n) is 19.1. The largest absolute Gasteiger partial charge is 0.479 e. The van der Waals surface area contributed by atoms with Gasteiger partial charge in [0.15, 0.2) is 6.10 Å². The van der Waals surface area contributed by atoms with Crippen LogP contribution in [-0.4, -0.2) is 55.0 Å². The van der Waals surface area contributed by atoms with E-state index in [9.17, 15) is 14.4 Å². The molecule has 0 aromatic heterocycles. The zero-order valence-corrected chi connectivity index (χ0v) is 19.1. The third kappa shape index (κ3) is 5.34. The van der Waals surface area contributed by atoms with Crippen molar-refractivity contribution >= 4 is 18.0 Å².